The first-order chi connectivity index (χ1) is 24.5. The summed E-state index contributed by atoms with van der Waals surface area (Å²) >= 11 is 6.70. The van der Waals surface area contributed by atoms with Gasteiger partial charge in [0.05, 0.1) is 11.3 Å². The van der Waals surface area contributed by atoms with Gasteiger partial charge in [0.1, 0.15) is 18.5 Å². The maximum atomic E-state index is 13.9. The zero-order chi connectivity index (χ0) is 37.8. The molecule has 0 aliphatic carbocycles. The van der Waals surface area contributed by atoms with Crippen LogP contribution in [0, 0.1) is 13.8 Å². The van der Waals surface area contributed by atoms with Crippen molar-refractivity contribution in [3.8, 4) is 22.3 Å². The van der Waals surface area contributed by atoms with Gasteiger partial charge in [-0.15, -0.1) is 14.1 Å². The Kier molecular flexibility index (Phi) is 11.9. The number of aliphatic hydroxyl groups is 1. The highest BCUT2D eigenvalue weighted by Crippen LogP contribution is 2.31. The Morgan fingerprint density at radius 2 is 1.67 bits per heavy atom. The molecule has 275 valence electrons. The van der Waals surface area contributed by atoms with Crippen molar-refractivity contribution in [2.45, 2.75) is 78.2 Å². The molecule has 3 aromatic carbocycles. The number of aromatic nitrogens is 4. The number of aryl methyl sites for hydroxylation is 2. The lowest BCUT2D eigenvalue weighted by Crippen LogP contribution is -2.45. The molecule has 3 N–H and O–H groups in total. The SMILES string of the molecule is Cc1nn(COCC[Si-](C)(C)C)c(C)c1-c1ccc(NC(=O)[C@H](Cc2cc(-c3cccc(C(C)(C)O)c3)ccc2Cl)NC(=O)c2ccnn2C)cc1. The second-order valence-corrected chi connectivity index (χ2v) is 21.0. The minimum absolute atomic E-state index is 0.128. The molecule has 2 aromatic heterocycles. The number of nitrogens with one attached hydrogen (secondary N) is 2. The highest BCUT2D eigenvalue weighted by Gasteiger charge is 2.25. The molecule has 0 bridgehead atoms. The lowest BCUT2D eigenvalue weighted by molar-refractivity contribution is -0.118. The summed E-state index contributed by atoms with van der Waals surface area (Å²) in [6, 6.07) is 22.6. The number of benzene rings is 3. The summed E-state index contributed by atoms with van der Waals surface area (Å²) in [5, 5.41) is 25.8. The van der Waals surface area contributed by atoms with Gasteiger partial charge in [-0.2, -0.15) is 29.8 Å². The topological polar surface area (TPSA) is 123 Å². The van der Waals surface area contributed by atoms with Crippen molar-refractivity contribution in [2.75, 3.05) is 11.9 Å². The zero-order valence-corrected chi connectivity index (χ0v) is 33.0. The molecule has 0 aliphatic rings. The van der Waals surface area contributed by atoms with Gasteiger partial charge in [0.25, 0.3) is 5.91 Å². The van der Waals surface area contributed by atoms with Gasteiger partial charge in [0, 0.05) is 48.2 Å². The summed E-state index contributed by atoms with van der Waals surface area (Å²) in [7, 11) is 0.487. The van der Waals surface area contributed by atoms with Gasteiger partial charge >= 0.3 is 0 Å². The van der Waals surface area contributed by atoms with E-state index in [1.54, 1.807) is 33.0 Å². The number of amides is 2. The zero-order valence-electron chi connectivity index (χ0n) is 31.3. The Bertz CT molecular complexity index is 2040. The van der Waals surface area contributed by atoms with Gasteiger partial charge in [-0.05, 0) is 91.9 Å². The van der Waals surface area contributed by atoms with Crippen molar-refractivity contribution >= 4 is 37.2 Å². The van der Waals surface area contributed by atoms with E-state index in [1.165, 1.54) is 10.9 Å². The third-order valence-electron chi connectivity index (χ3n) is 9.08. The minimum Gasteiger partial charge on any atom is -0.386 e. The molecule has 0 spiro atoms. The average molecular weight is 741 g/mol. The second-order valence-electron chi connectivity index (χ2n) is 15.0. The number of ether oxygens (including phenoxy) is 1. The van der Waals surface area contributed by atoms with Gasteiger partial charge in [-0.3, -0.25) is 14.3 Å². The molecule has 0 saturated heterocycles. The van der Waals surface area contributed by atoms with Crippen LogP contribution >= 0.6 is 11.6 Å². The number of hydrogen-bond donors (Lipinski definition) is 3. The van der Waals surface area contributed by atoms with E-state index in [0.29, 0.717) is 28.7 Å². The Hall–Kier alpha value is -4.55. The van der Waals surface area contributed by atoms with E-state index in [0.717, 1.165) is 51.9 Å². The molecule has 0 radical (unpaired) electrons. The van der Waals surface area contributed by atoms with Crippen molar-refractivity contribution < 1.29 is 19.4 Å². The molecular weight excluding hydrogens is 692 g/mol. The number of rotatable bonds is 14. The first-order valence-corrected chi connectivity index (χ1v) is 21.5. The fraction of sp³-hybridized carbons (Fsp3) is 0.350. The highest BCUT2D eigenvalue weighted by molar-refractivity contribution is 6.76. The quantitative estimate of drug-likeness (QED) is 0.0791. The Morgan fingerprint density at radius 3 is 2.33 bits per heavy atom. The largest absolute Gasteiger partial charge is 0.386 e. The van der Waals surface area contributed by atoms with E-state index in [2.05, 4.69) is 35.4 Å². The lowest BCUT2D eigenvalue weighted by atomic mass is 9.93. The third kappa shape index (κ3) is 9.65. The second kappa shape index (κ2) is 16.0. The van der Waals surface area contributed by atoms with Crippen LogP contribution in [0.1, 0.15) is 46.9 Å². The van der Waals surface area contributed by atoms with Crippen LogP contribution in [0.25, 0.3) is 22.3 Å². The molecule has 5 aromatic rings. The number of hydrogen-bond acceptors (Lipinski definition) is 6. The Morgan fingerprint density at radius 1 is 0.981 bits per heavy atom. The van der Waals surface area contributed by atoms with E-state index < -0.39 is 31.5 Å². The molecule has 2 heterocycles. The maximum Gasteiger partial charge on any atom is 0.270 e. The van der Waals surface area contributed by atoms with Crippen molar-refractivity contribution in [3.05, 3.63) is 112 Å². The maximum absolute atomic E-state index is 13.9. The van der Waals surface area contributed by atoms with Crippen LogP contribution in [0.3, 0.4) is 0 Å². The standard InChI is InChI=1S/C40H49ClN6O4Si/c1-26-37(27(2)47(45-26)25-51-20-21-52(6,7)8)28-12-15-33(16-13-28)43-38(48)35(44-39(49)36-18-19-42-46(36)5)24-31-22-30(14-17-34(31)41)29-10-9-11-32(23-29)40(3,4)50/h9-19,22-23,35,50H,20-21,24-25H2,1-8H3,(H,43,48)(H,44,49)/q-1/t35-/m0/s1. The highest BCUT2D eigenvalue weighted by atomic mass is 35.5. The average Bonchev–Trinajstić information content (AvgIpc) is 3.64. The lowest BCUT2D eigenvalue weighted by Gasteiger charge is -2.26. The number of carbonyl (C=O) groups excluding carboxylic acids is 2. The molecular formula is C40H49ClN6O4Si-. The summed E-state index contributed by atoms with van der Waals surface area (Å²) in [6.45, 7) is 15.6. The van der Waals surface area contributed by atoms with E-state index in [4.69, 9.17) is 21.4 Å². The number of halogens is 1. The van der Waals surface area contributed by atoms with Crippen LogP contribution in [0.4, 0.5) is 5.69 Å². The normalized spacial score (nSPS) is 12.5. The summed E-state index contributed by atoms with van der Waals surface area (Å²) < 4.78 is 9.30. The monoisotopic (exact) mass is 740 g/mol. The molecule has 0 fully saturated rings. The van der Waals surface area contributed by atoms with E-state index in [9.17, 15) is 14.7 Å². The van der Waals surface area contributed by atoms with E-state index >= 15 is 0 Å². The molecule has 0 aliphatic heterocycles. The molecule has 10 nitrogen and oxygen atoms in total. The van der Waals surface area contributed by atoms with Crippen molar-refractivity contribution in [1.82, 2.24) is 24.9 Å². The van der Waals surface area contributed by atoms with Gasteiger partial charge in [0.2, 0.25) is 5.91 Å². The fourth-order valence-corrected chi connectivity index (χ4v) is 6.92. The molecule has 2 amide bonds. The predicted molar refractivity (Wildman–Crippen MR) is 210 cm³/mol. The minimum atomic E-state index is -1.18. The third-order valence-corrected chi connectivity index (χ3v) is 11.2. The first-order valence-electron chi connectivity index (χ1n) is 17.4. The van der Waals surface area contributed by atoms with Crippen LogP contribution in [-0.4, -0.2) is 57.2 Å². The first kappa shape index (κ1) is 38.7. The molecule has 52 heavy (non-hydrogen) atoms. The van der Waals surface area contributed by atoms with Gasteiger partial charge in [-0.1, -0.05) is 48.0 Å². The van der Waals surface area contributed by atoms with E-state index in [1.807, 2.05) is 79.2 Å². The van der Waals surface area contributed by atoms with Crippen molar-refractivity contribution in [3.63, 3.8) is 0 Å². The Balaban J connectivity index is 1.36. The summed E-state index contributed by atoms with van der Waals surface area (Å²) in [5.41, 5.74) is 6.99. The van der Waals surface area contributed by atoms with Gasteiger partial charge in [-0.25, -0.2) is 4.68 Å². The predicted octanol–water partition coefficient (Wildman–Crippen LogP) is 7.74. The number of nitrogens with zero attached hydrogens (tertiary/aromatic N) is 4. The molecule has 1 atom stereocenters. The molecule has 0 saturated carbocycles. The fourth-order valence-electron chi connectivity index (χ4n) is 5.97. The summed E-state index contributed by atoms with van der Waals surface area (Å²) in [4.78, 5) is 27.3. The molecule has 5 rings (SSSR count). The van der Waals surface area contributed by atoms with E-state index in [-0.39, 0.29) is 6.42 Å². The smallest absolute Gasteiger partial charge is 0.270 e. The number of anilines is 1. The Labute approximate surface area is 312 Å². The summed E-state index contributed by atoms with van der Waals surface area (Å²) in [5.74, 6) is -0.836. The van der Waals surface area contributed by atoms with Gasteiger partial charge in [0.15, 0.2) is 0 Å². The van der Waals surface area contributed by atoms with Crippen molar-refractivity contribution in [1.29, 1.82) is 0 Å². The van der Waals surface area contributed by atoms with Crippen LogP contribution in [0.2, 0.25) is 30.7 Å². The van der Waals surface area contributed by atoms with Crippen LogP contribution in [0.15, 0.2) is 79.0 Å². The van der Waals surface area contributed by atoms with Crippen LogP contribution < -0.4 is 10.6 Å². The molecule has 12 heteroatoms. The summed E-state index contributed by atoms with van der Waals surface area (Å²) in [6.07, 6.45) is 1.66. The van der Waals surface area contributed by atoms with Gasteiger partial charge < -0.3 is 20.5 Å². The molecule has 0 unspecified atom stereocenters. The van der Waals surface area contributed by atoms with Crippen LogP contribution in [0.5, 0.6) is 0 Å². The van der Waals surface area contributed by atoms with Crippen LogP contribution in [-0.2, 0) is 35.3 Å². The van der Waals surface area contributed by atoms with Crippen molar-refractivity contribution in [2.24, 2.45) is 7.05 Å². The number of carbonyl (C=O) groups is 2.